The number of rotatable bonds is 8. The first-order chi connectivity index (χ1) is 16.5. The molecule has 0 unspecified atom stereocenters. The predicted molar refractivity (Wildman–Crippen MR) is 132 cm³/mol. The van der Waals surface area contributed by atoms with E-state index in [4.69, 9.17) is 4.74 Å². The van der Waals surface area contributed by atoms with Gasteiger partial charge in [-0.05, 0) is 79.2 Å². The highest BCUT2D eigenvalue weighted by molar-refractivity contribution is 5.65. The van der Waals surface area contributed by atoms with E-state index in [1.54, 1.807) is 18.2 Å². The second kappa shape index (κ2) is 11.4. The van der Waals surface area contributed by atoms with Gasteiger partial charge in [-0.15, -0.1) is 0 Å². The Balaban J connectivity index is 1.34. The molecule has 0 spiro atoms. The van der Waals surface area contributed by atoms with Gasteiger partial charge in [0, 0.05) is 11.5 Å². The normalized spacial score (nSPS) is 22.9. The summed E-state index contributed by atoms with van der Waals surface area (Å²) >= 11 is 0. The molecular formula is C30H35F3O. The number of aryl methyl sites for hydroxylation is 1. The lowest BCUT2D eigenvalue weighted by Crippen LogP contribution is -2.22. The number of halogens is 3. The summed E-state index contributed by atoms with van der Waals surface area (Å²) in [6, 6.07) is 11.2. The lowest BCUT2D eigenvalue weighted by atomic mass is 9.82. The van der Waals surface area contributed by atoms with Gasteiger partial charge >= 0.3 is 0 Å². The van der Waals surface area contributed by atoms with E-state index in [0.717, 1.165) is 56.9 Å². The van der Waals surface area contributed by atoms with E-state index >= 15 is 4.39 Å². The van der Waals surface area contributed by atoms with Gasteiger partial charge in [-0.2, -0.15) is 0 Å². The molecule has 0 amide bonds. The Morgan fingerprint density at radius 2 is 1.62 bits per heavy atom. The fraction of sp³-hybridized carbons (Fsp3) is 0.467. The molecule has 4 rings (SSSR count). The third-order valence-corrected chi connectivity index (χ3v) is 7.39. The van der Waals surface area contributed by atoms with Crippen LogP contribution < -0.4 is 0 Å². The summed E-state index contributed by atoms with van der Waals surface area (Å²) in [5, 5.41) is 0. The Hall–Kier alpha value is -2.33. The van der Waals surface area contributed by atoms with Gasteiger partial charge in [0.15, 0.2) is 11.6 Å². The molecule has 1 fully saturated rings. The van der Waals surface area contributed by atoms with Crippen molar-refractivity contribution in [3.05, 3.63) is 82.7 Å². The third-order valence-electron chi connectivity index (χ3n) is 7.39. The van der Waals surface area contributed by atoms with Crippen LogP contribution in [-0.4, -0.2) is 12.7 Å². The molecule has 2 aliphatic carbocycles. The van der Waals surface area contributed by atoms with Crippen molar-refractivity contribution in [2.75, 3.05) is 6.61 Å². The van der Waals surface area contributed by atoms with Crippen LogP contribution in [0.15, 0.2) is 60.0 Å². The largest absolute Gasteiger partial charge is 0.374 e. The quantitative estimate of drug-likeness (QED) is 0.376. The van der Waals surface area contributed by atoms with Crippen LogP contribution in [0.4, 0.5) is 13.2 Å². The van der Waals surface area contributed by atoms with Gasteiger partial charge in [0.2, 0.25) is 0 Å². The third kappa shape index (κ3) is 5.66. The monoisotopic (exact) mass is 468 g/mol. The van der Waals surface area contributed by atoms with Crippen LogP contribution in [-0.2, 0) is 11.2 Å². The van der Waals surface area contributed by atoms with Crippen LogP contribution >= 0.6 is 0 Å². The maximum atomic E-state index is 15.1. The highest BCUT2D eigenvalue weighted by atomic mass is 19.2. The highest BCUT2D eigenvalue weighted by Gasteiger charge is 2.27. The van der Waals surface area contributed by atoms with E-state index in [-0.39, 0.29) is 23.8 Å². The van der Waals surface area contributed by atoms with Crippen molar-refractivity contribution in [3.8, 4) is 11.1 Å². The number of ether oxygens (including phenoxy) is 1. The second-order valence-electron chi connectivity index (χ2n) is 9.71. The average Bonchev–Trinajstić information content (AvgIpc) is 2.86. The van der Waals surface area contributed by atoms with Crippen LogP contribution in [0.25, 0.3) is 11.1 Å². The van der Waals surface area contributed by atoms with Crippen molar-refractivity contribution in [3.63, 3.8) is 0 Å². The topological polar surface area (TPSA) is 9.23 Å². The number of benzene rings is 2. The average molecular weight is 469 g/mol. The van der Waals surface area contributed by atoms with Crippen LogP contribution in [0.3, 0.4) is 0 Å². The SMILES string of the molecule is CCCc1ccc(-c2ccc(C3CCC(OCC4=CC[C@H](CC)C(F)=C4)CC3)c(F)c2F)cc1. The Morgan fingerprint density at radius 1 is 0.882 bits per heavy atom. The van der Waals surface area contributed by atoms with Gasteiger partial charge in [0.05, 0.1) is 12.7 Å². The first-order valence-electron chi connectivity index (χ1n) is 12.7. The maximum Gasteiger partial charge on any atom is 0.166 e. The summed E-state index contributed by atoms with van der Waals surface area (Å²) in [7, 11) is 0. The summed E-state index contributed by atoms with van der Waals surface area (Å²) in [4.78, 5) is 0. The van der Waals surface area contributed by atoms with Gasteiger partial charge in [-0.1, -0.05) is 62.7 Å². The van der Waals surface area contributed by atoms with Crippen LogP contribution in [0.2, 0.25) is 0 Å². The zero-order chi connectivity index (χ0) is 24.1. The molecule has 1 atom stereocenters. The number of allylic oxidation sites excluding steroid dienone is 2. The molecule has 0 aliphatic heterocycles. The molecule has 0 saturated heterocycles. The van der Waals surface area contributed by atoms with E-state index in [1.165, 1.54) is 5.56 Å². The van der Waals surface area contributed by atoms with E-state index in [1.807, 2.05) is 31.2 Å². The fourth-order valence-corrected chi connectivity index (χ4v) is 5.22. The van der Waals surface area contributed by atoms with E-state index in [9.17, 15) is 8.78 Å². The van der Waals surface area contributed by atoms with E-state index < -0.39 is 11.6 Å². The summed E-state index contributed by atoms with van der Waals surface area (Å²) in [6.07, 6.45) is 10.4. The van der Waals surface area contributed by atoms with Crippen molar-refractivity contribution in [2.24, 2.45) is 5.92 Å². The molecule has 0 radical (unpaired) electrons. The standard InChI is InChI=1S/C30H35F3O/c1-3-5-20-6-10-23(11-7-20)26-16-17-27(30(33)29(26)32)24-12-14-25(15-13-24)34-19-21-8-9-22(4-2)28(31)18-21/h6-8,10-11,16-18,22,24-25H,3-5,9,12-15,19H2,1-2H3/t22-,24?,25?/m0/s1. The van der Waals surface area contributed by atoms with Crippen molar-refractivity contribution in [1.82, 2.24) is 0 Å². The first-order valence-corrected chi connectivity index (χ1v) is 12.7. The molecule has 0 aromatic heterocycles. The van der Waals surface area contributed by atoms with Gasteiger partial charge in [0.1, 0.15) is 5.83 Å². The summed E-state index contributed by atoms with van der Waals surface area (Å²) in [5.74, 6) is -1.54. The van der Waals surface area contributed by atoms with Crippen molar-refractivity contribution in [1.29, 1.82) is 0 Å². The zero-order valence-corrected chi connectivity index (χ0v) is 20.3. The molecule has 2 aromatic rings. The second-order valence-corrected chi connectivity index (χ2v) is 9.71. The molecule has 0 N–H and O–H groups in total. The molecule has 182 valence electrons. The minimum absolute atomic E-state index is 0.00119. The Morgan fingerprint density at radius 3 is 2.26 bits per heavy atom. The summed E-state index contributed by atoms with van der Waals surface area (Å²) < 4.78 is 50.2. The number of hydrogen-bond acceptors (Lipinski definition) is 1. The predicted octanol–water partition coefficient (Wildman–Crippen LogP) is 8.84. The molecule has 1 saturated carbocycles. The van der Waals surface area contributed by atoms with E-state index in [2.05, 4.69) is 13.0 Å². The van der Waals surface area contributed by atoms with Gasteiger partial charge in [-0.25, -0.2) is 13.2 Å². The molecule has 1 nitrogen and oxygen atoms in total. The molecule has 0 bridgehead atoms. The smallest absolute Gasteiger partial charge is 0.166 e. The zero-order valence-electron chi connectivity index (χ0n) is 20.3. The Bertz CT molecular complexity index is 1030. The summed E-state index contributed by atoms with van der Waals surface area (Å²) in [5.41, 5.74) is 3.58. The Kier molecular flexibility index (Phi) is 8.31. The van der Waals surface area contributed by atoms with Crippen LogP contribution in [0.1, 0.15) is 75.8 Å². The van der Waals surface area contributed by atoms with Gasteiger partial charge < -0.3 is 4.74 Å². The van der Waals surface area contributed by atoms with Crippen LogP contribution in [0.5, 0.6) is 0 Å². The molecule has 34 heavy (non-hydrogen) atoms. The first kappa shape index (κ1) is 24.8. The molecule has 2 aromatic carbocycles. The molecule has 4 heteroatoms. The summed E-state index contributed by atoms with van der Waals surface area (Å²) in [6.45, 7) is 4.53. The van der Waals surface area contributed by atoms with Gasteiger partial charge in [-0.3, -0.25) is 0 Å². The number of hydrogen-bond donors (Lipinski definition) is 0. The van der Waals surface area contributed by atoms with E-state index in [0.29, 0.717) is 23.3 Å². The van der Waals surface area contributed by atoms with Crippen molar-refractivity contribution in [2.45, 2.75) is 77.2 Å². The highest BCUT2D eigenvalue weighted by Crippen LogP contribution is 2.38. The van der Waals surface area contributed by atoms with Gasteiger partial charge in [0.25, 0.3) is 0 Å². The van der Waals surface area contributed by atoms with Crippen molar-refractivity contribution < 1.29 is 17.9 Å². The Labute approximate surface area is 201 Å². The molecule has 2 aliphatic rings. The lowest BCUT2D eigenvalue weighted by molar-refractivity contribution is 0.0389. The minimum Gasteiger partial charge on any atom is -0.374 e. The molecular weight excluding hydrogens is 433 g/mol. The minimum atomic E-state index is -0.762. The maximum absolute atomic E-state index is 15.1. The fourth-order valence-electron chi connectivity index (χ4n) is 5.22. The van der Waals surface area contributed by atoms with Crippen LogP contribution in [0, 0.1) is 17.6 Å². The lowest BCUT2D eigenvalue weighted by Gasteiger charge is -2.29. The van der Waals surface area contributed by atoms with Crippen molar-refractivity contribution >= 4 is 0 Å². The molecule has 0 heterocycles.